The van der Waals surface area contributed by atoms with Crippen molar-refractivity contribution in [3.8, 4) is 0 Å². The van der Waals surface area contributed by atoms with Crippen LogP contribution in [0.2, 0.25) is 0 Å². The fourth-order valence-corrected chi connectivity index (χ4v) is 2.66. The van der Waals surface area contributed by atoms with E-state index in [1.165, 1.54) is 5.56 Å². The van der Waals surface area contributed by atoms with Crippen LogP contribution in [0.1, 0.15) is 36.6 Å². The highest BCUT2D eigenvalue weighted by Crippen LogP contribution is 2.24. The minimum absolute atomic E-state index is 0.182. The van der Waals surface area contributed by atoms with Crippen LogP contribution in [0, 0.1) is 5.92 Å². The second-order valence-electron chi connectivity index (χ2n) is 5.83. The zero-order chi connectivity index (χ0) is 14.8. The maximum Gasteiger partial charge on any atom is 0.0896 e. The summed E-state index contributed by atoms with van der Waals surface area (Å²) in [5, 5.41) is 4.33. The van der Waals surface area contributed by atoms with Crippen molar-refractivity contribution in [3.63, 3.8) is 0 Å². The zero-order valence-corrected chi connectivity index (χ0v) is 12.4. The predicted octanol–water partition coefficient (Wildman–Crippen LogP) is 2.98. The Kier molecular flexibility index (Phi) is 3.71. The lowest BCUT2D eigenvalue weighted by Crippen LogP contribution is -2.12. The molecule has 1 aromatic carbocycles. The van der Waals surface area contributed by atoms with Crippen LogP contribution in [-0.4, -0.2) is 14.6 Å². The Hall–Kier alpha value is -2.20. The van der Waals surface area contributed by atoms with Crippen molar-refractivity contribution in [2.75, 3.05) is 0 Å². The van der Waals surface area contributed by atoms with E-state index in [2.05, 4.69) is 48.2 Å². The van der Waals surface area contributed by atoms with Gasteiger partial charge in [0.05, 0.1) is 24.0 Å². The van der Waals surface area contributed by atoms with Crippen molar-refractivity contribution >= 4 is 5.52 Å². The minimum atomic E-state index is -0.182. The molecule has 3 aromatic rings. The molecule has 0 bridgehead atoms. The topological polar surface area (TPSA) is 56.2 Å². The average Bonchev–Trinajstić information content (AvgIpc) is 2.90. The Morgan fingerprint density at radius 1 is 1.24 bits per heavy atom. The van der Waals surface area contributed by atoms with Crippen LogP contribution in [0.5, 0.6) is 0 Å². The molecule has 0 aliphatic heterocycles. The van der Waals surface area contributed by atoms with E-state index in [1.54, 1.807) is 16.9 Å². The Labute approximate surface area is 124 Å². The molecule has 2 N–H and O–H groups in total. The molecule has 0 radical (unpaired) electrons. The molecule has 3 rings (SSSR count). The number of rotatable bonds is 4. The first kappa shape index (κ1) is 13.8. The fourth-order valence-electron chi connectivity index (χ4n) is 2.66. The Morgan fingerprint density at radius 3 is 2.90 bits per heavy atom. The zero-order valence-electron chi connectivity index (χ0n) is 12.4. The largest absolute Gasteiger partial charge is 0.320 e. The van der Waals surface area contributed by atoms with Crippen molar-refractivity contribution in [1.82, 2.24) is 14.6 Å². The first-order valence-corrected chi connectivity index (χ1v) is 7.27. The van der Waals surface area contributed by atoms with Crippen LogP contribution in [0.25, 0.3) is 5.52 Å². The number of aromatic nitrogens is 3. The summed E-state index contributed by atoms with van der Waals surface area (Å²) >= 11 is 0. The summed E-state index contributed by atoms with van der Waals surface area (Å²) in [4.78, 5) is 4.16. The van der Waals surface area contributed by atoms with E-state index in [-0.39, 0.29) is 6.04 Å². The van der Waals surface area contributed by atoms with Gasteiger partial charge in [-0.05, 0) is 23.5 Å². The molecule has 4 heteroatoms. The second-order valence-corrected chi connectivity index (χ2v) is 5.83. The smallest absolute Gasteiger partial charge is 0.0896 e. The van der Waals surface area contributed by atoms with Crippen LogP contribution < -0.4 is 5.73 Å². The summed E-state index contributed by atoms with van der Waals surface area (Å²) in [7, 11) is 0. The first-order valence-electron chi connectivity index (χ1n) is 7.27. The molecule has 1 atom stereocenters. The lowest BCUT2D eigenvalue weighted by atomic mass is 9.96. The molecule has 108 valence electrons. The molecule has 21 heavy (non-hydrogen) atoms. The molecule has 0 spiro atoms. The maximum atomic E-state index is 6.45. The molecule has 0 fully saturated rings. The third kappa shape index (κ3) is 2.81. The van der Waals surface area contributed by atoms with Crippen LogP contribution in [0.15, 0.2) is 49.1 Å². The molecule has 0 saturated heterocycles. The van der Waals surface area contributed by atoms with Crippen molar-refractivity contribution < 1.29 is 0 Å². The summed E-state index contributed by atoms with van der Waals surface area (Å²) in [6.07, 6.45) is 8.26. The molecule has 1 unspecified atom stereocenters. The van der Waals surface area contributed by atoms with Crippen molar-refractivity contribution in [1.29, 1.82) is 0 Å². The third-order valence-electron chi connectivity index (χ3n) is 3.64. The highest BCUT2D eigenvalue weighted by molar-refractivity contribution is 5.55. The molecule has 2 heterocycles. The van der Waals surface area contributed by atoms with E-state index in [1.807, 2.05) is 12.4 Å². The van der Waals surface area contributed by atoms with E-state index in [9.17, 15) is 0 Å². The lowest BCUT2D eigenvalue weighted by Gasteiger charge is -2.13. The van der Waals surface area contributed by atoms with Crippen LogP contribution >= 0.6 is 0 Å². The van der Waals surface area contributed by atoms with Crippen molar-refractivity contribution in [3.05, 3.63) is 65.7 Å². The van der Waals surface area contributed by atoms with Crippen molar-refractivity contribution in [2.45, 2.75) is 26.3 Å². The summed E-state index contributed by atoms with van der Waals surface area (Å²) in [6, 6.07) is 8.34. The molecular formula is C17H20N4. The number of hydrogen-bond donors (Lipinski definition) is 1. The Morgan fingerprint density at radius 2 is 2.10 bits per heavy atom. The van der Waals surface area contributed by atoms with Gasteiger partial charge in [0, 0.05) is 18.0 Å². The normalized spacial score (nSPS) is 13.0. The van der Waals surface area contributed by atoms with Gasteiger partial charge in [-0.15, -0.1) is 0 Å². The van der Waals surface area contributed by atoms with Gasteiger partial charge in [0.15, 0.2) is 0 Å². The van der Waals surface area contributed by atoms with Crippen LogP contribution in [0.3, 0.4) is 0 Å². The van der Waals surface area contributed by atoms with E-state index in [0.717, 1.165) is 23.1 Å². The Balaban J connectivity index is 1.96. The van der Waals surface area contributed by atoms with E-state index in [0.29, 0.717) is 5.92 Å². The monoisotopic (exact) mass is 280 g/mol. The molecule has 2 aromatic heterocycles. The first-order chi connectivity index (χ1) is 10.1. The number of hydrogen-bond acceptors (Lipinski definition) is 3. The number of nitrogens with zero attached hydrogens (tertiary/aromatic N) is 3. The SMILES string of the molecule is CC(C)Cc1cccc(C(N)c2cnn3ccncc23)c1. The highest BCUT2D eigenvalue weighted by atomic mass is 15.2. The number of fused-ring (bicyclic) bond motifs is 1. The van der Waals surface area contributed by atoms with Gasteiger partial charge >= 0.3 is 0 Å². The van der Waals surface area contributed by atoms with E-state index >= 15 is 0 Å². The Bertz CT molecular complexity index is 745. The van der Waals surface area contributed by atoms with Gasteiger partial charge in [0.2, 0.25) is 0 Å². The molecule has 0 aliphatic carbocycles. The molecular weight excluding hydrogens is 260 g/mol. The predicted molar refractivity (Wildman–Crippen MR) is 84.0 cm³/mol. The molecule has 0 saturated carbocycles. The summed E-state index contributed by atoms with van der Waals surface area (Å²) in [5.74, 6) is 0.637. The van der Waals surface area contributed by atoms with Gasteiger partial charge in [-0.3, -0.25) is 4.98 Å². The molecule has 4 nitrogen and oxygen atoms in total. The quantitative estimate of drug-likeness (QED) is 0.799. The minimum Gasteiger partial charge on any atom is -0.320 e. The standard InChI is InChI=1S/C17H20N4/c1-12(2)8-13-4-3-5-14(9-13)17(18)15-10-20-21-7-6-19-11-16(15)21/h3-7,9-12,17H,8,18H2,1-2H3. The third-order valence-corrected chi connectivity index (χ3v) is 3.64. The van der Waals surface area contributed by atoms with Crippen LogP contribution in [-0.2, 0) is 6.42 Å². The van der Waals surface area contributed by atoms with E-state index in [4.69, 9.17) is 5.73 Å². The van der Waals surface area contributed by atoms with Gasteiger partial charge in [-0.1, -0.05) is 38.1 Å². The van der Waals surface area contributed by atoms with Gasteiger partial charge in [-0.2, -0.15) is 5.10 Å². The lowest BCUT2D eigenvalue weighted by molar-refractivity contribution is 0.646. The van der Waals surface area contributed by atoms with Gasteiger partial charge in [-0.25, -0.2) is 4.52 Å². The maximum absolute atomic E-state index is 6.45. The fraction of sp³-hybridized carbons (Fsp3) is 0.294. The van der Waals surface area contributed by atoms with Crippen LogP contribution in [0.4, 0.5) is 0 Å². The summed E-state index contributed by atoms with van der Waals surface area (Å²) in [6.45, 7) is 4.45. The summed E-state index contributed by atoms with van der Waals surface area (Å²) < 4.78 is 1.81. The van der Waals surface area contributed by atoms with E-state index < -0.39 is 0 Å². The van der Waals surface area contributed by atoms with Crippen molar-refractivity contribution in [2.24, 2.45) is 11.7 Å². The van der Waals surface area contributed by atoms with Gasteiger partial charge in [0.25, 0.3) is 0 Å². The van der Waals surface area contributed by atoms with Gasteiger partial charge in [0.1, 0.15) is 0 Å². The highest BCUT2D eigenvalue weighted by Gasteiger charge is 2.15. The average molecular weight is 280 g/mol. The molecule has 0 amide bonds. The van der Waals surface area contributed by atoms with Gasteiger partial charge < -0.3 is 5.73 Å². The summed E-state index contributed by atoms with van der Waals surface area (Å²) in [5.41, 5.74) is 10.9. The number of benzene rings is 1. The molecule has 0 aliphatic rings. The number of nitrogens with two attached hydrogens (primary N) is 1. The second kappa shape index (κ2) is 5.66.